The number of hydrogen-bond donors (Lipinski definition) is 1. The lowest BCUT2D eigenvalue weighted by Gasteiger charge is -2.41. The number of carbonyl (C=O) groups is 3. The summed E-state index contributed by atoms with van der Waals surface area (Å²) in [6, 6.07) is 12.5. The van der Waals surface area contributed by atoms with Crippen molar-refractivity contribution < 1.29 is 33.3 Å². The van der Waals surface area contributed by atoms with Crippen LogP contribution in [-0.4, -0.2) is 61.1 Å². The van der Waals surface area contributed by atoms with Crippen LogP contribution in [0.5, 0.6) is 11.5 Å². The Morgan fingerprint density at radius 3 is 2.55 bits per heavy atom. The highest BCUT2D eigenvalue weighted by Crippen LogP contribution is 2.52. The molecule has 1 amide bonds. The van der Waals surface area contributed by atoms with E-state index in [0.717, 1.165) is 5.56 Å². The standard InChI is InChI=1S/C31H37ClN4O7S/c1-29(2,3)43-28(39)33-17-27(38)42-30(4,5)19-41-24-11-10-22(15-25(24)40-6)36-26(12-13-34-35-36)31(16-23(37)18-44-31)20-8-7-9-21(32)14-20/h7-15,26H,16-19H2,1-6H3,(H,33,39). The lowest BCUT2D eigenvalue weighted by Crippen LogP contribution is -2.45. The van der Waals surface area contributed by atoms with Crippen molar-refractivity contribution in [3.8, 4) is 11.5 Å². The molecule has 13 heteroatoms. The number of methoxy groups -OCH3 is 1. The monoisotopic (exact) mass is 644 g/mol. The molecular weight excluding hydrogens is 608 g/mol. The van der Waals surface area contributed by atoms with Gasteiger partial charge < -0.3 is 24.3 Å². The summed E-state index contributed by atoms with van der Waals surface area (Å²) in [4.78, 5) is 36.8. The van der Waals surface area contributed by atoms with Crippen molar-refractivity contribution in [1.29, 1.82) is 0 Å². The normalized spacial score (nSPS) is 19.9. The number of esters is 1. The fraction of sp³-hybridized carbons (Fsp3) is 0.452. The van der Waals surface area contributed by atoms with Gasteiger partial charge in [-0.2, -0.15) is 0 Å². The molecule has 1 saturated heterocycles. The molecule has 2 aliphatic heterocycles. The van der Waals surface area contributed by atoms with E-state index in [2.05, 4.69) is 15.7 Å². The Morgan fingerprint density at radius 1 is 1.11 bits per heavy atom. The second-order valence-electron chi connectivity index (χ2n) is 12.0. The van der Waals surface area contributed by atoms with E-state index >= 15 is 0 Å². The topological polar surface area (TPSA) is 128 Å². The lowest BCUT2D eigenvalue weighted by atomic mass is 9.85. The summed E-state index contributed by atoms with van der Waals surface area (Å²) < 4.78 is 21.7. The third-order valence-corrected chi connectivity index (χ3v) is 8.48. The van der Waals surface area contributed by atoms with Crippen molar-refractivity contribution in [2.75, 3.05) is 31.0 Å². The van der Waals surface area contributed by atoms with Crippen LogP contribution in [0.2, 0.25) is 5.02 Å². The van der Waals surface area contributed by atoms with Gasteiger partial charge in [0.05, 0.1) is 29.3 Å². The number of Topliss-reactive ketones (excluding diaryl/α,β-unsaturated/α-hetero) is 1. The number of alkyl carbamates (subject to hydrolysis) is 1. The van der Waals surface area contributed by atoms with Gasteiger partial charge >= 0.3 is 12.1 Å². The minimum absolute atomic E-state index is 0.00625. The minimum Gasteiger partial charge on any atom is -0.493 e. The number of halogens is 1. The first-order valence-electron chi connectivity index (χ1n) is 14.0. The number of nitrogens with one attached hydrogen (secondary N) is 1. The Hall–Kier alpha value is -3.77. The maximum atomic E-state index is 12.6. The molecule has 2 aromatic carbocycles. The van der Waals surface area contributed by atoms with Crippen molar-refractivity contribution in [3.63, 3.8) is 0 Å². The van der Waals surface area contributed by atoms with Crippen LogP contribution in [0.4, 0.5) is 10.5 Å². The number of thioether (sulfide) groups is 1. The molecule has 44 heavy (non-hydrogen) atoms. The van der Waals surface area contributed by atoms with E-state index in [1.165, 1.54) is 7.11 Å². The predicted molar refractivity (Wildman–Crippen MR) is 168 cm³/mol. The highest BCUT2D eigenvalue weighted by atomic mass is 35.5. The molecule has 0 bridgehead atoms. The van der Waals surface area contributed by atoms with Crippen LogP contribution < -0.4 is 19.8 Å². The third kappa shape index (κ3) is 8.23. The lowest BCUT2D eigenvalue weighted by molar-refractivity contribution is -0.157. The molecule has 0 aliphatic carbocycles. The molecule has 0 radical (unpaired) electrons. The van der Waals surface area contributed by atoms with Crippen LogP contribution in [0, 0.1) is 0 Å². The summed E-state index contributed by atoms with van der Waals surface area (Å²) in [6.07, 6.45) is 3.18. The van der Waals surface area contributed by atoms with Gasteiger partial charge in [0.15, 0.2) is 11.5 Å². The quantitative estimate of drug-likeness (QED) is 0.299. The Labute approximate surface area is 266 Å². The van der Waals surface area contributed by atoms with E-state index in [0.29, 0.717) is 34.4 Å². The number of nitrogens with zero attached hydrogens (tertiary/aromatic N) is 3. The van der Waals surface area contributed by atoms with E-state index in [1.807, 2.05) is 30.3 Å². The first kappa shape index (κ1) is 33.1. The van der Waals surface area contributed by atoms with Crippen LogP contribution in [-0.2, 0) is 23.8 Å². The molecular formula is C31H37ClN4O7S. The van der Waals surface area contributed by atoms with Crippen LogP contribution >= 0.6 is 23.4 Å². The number of anilines is 1. The largest absolute Gasteiger partial charge is 0.493 e. The number of ether oxygens (including phenoxy) is 4. The average Bonchev–Trinajstić information content (AvgIpc) is 3.36. The molecule has 0 spiro atoms. The van der Waals surface area contributed by atoms with Gasteiger partial charge in [-0.1, -0.05) is 29.0 Å². The molecule has 2 aromatic rings. The number of amides is 1. The summed E-state index contributed by atoms with van der Waals surface area (Å²) in [5, 5.41) is 13.3. The first-order valence-corrected chi connectivity index (χ1v) is 15.4. The van der Waals surface area contributed by atoms with Gasteiger partial charge in [0, 0.05) is 23.7 Å². The van der Waals surface area contributed by atoms with Crippen molar-refractivity contribution in [3.05, 3.63) is 65.3 Å². The van der Waals surface area contributed by atoms with E-state index < -0.39 is 28.0 Å². The zero-order chi connectivity index (χ0) is 32.1. The Balaban J connectivity index is 1.47. The maximum absolute atomic E-state index is 12.6. The number of benzene rings is 2. The van der Waals surface area contributed by atoms with Crippen molar-refractivity contribution >= 4 is 46.9 Å². The molecule has 1 fully saturated rings. The van der Waals surface area contributed by atoms with Crippen molar-refractivity contribution in [2.45, 2.75) is 63.0 Å². The van der Waals surface area contributed by atoms with E-state index in [4.69, 9.17) is 30.5 Å². The van der Waals surface area contributed by atoms with Crippen LogP contribution in [0.25, 0.3) is 0 Å². The summed E-state index contributed by atoms with van der Waals surface area (Å²) >= 11 is 7.93. The molecule has 0 saturated carbocycles. The summed E-state index contributed by atoms with van der Waals surface area (Å²) in [7, 11) is 1.52. The molecule has 236 valence electrons. The van der Waals surface area contributed by atoms with E-state index in [-0.39, 0.29) is 25.0 Å². The number of ketones is 1. The molecule has 2 aliphatic rings. The Morgan fingerprint density at radius 2 is 1.89 bits per heavy atom. The second kappa shape index (κ2) is 13.5. The molecule has 11 nitrogen and oxygen atoms in total. The van der Waals surface area contributed by atoms with Gasteiger partial charge in [0.1, 0.15) is 30.1 Å². The highest BCUT2D eigenvalue weighted by Gasteiger charge is 2.50. The fourth-order valence-corrected chi connectivity index (χ4v) is 6.43. The van der Waals surface area contributed by atoms with Crippen LogP contribution in [0.1, 0.15) is 46.6 Å². The van der Waals surface area contributed by atoms with Gasteiger partial charge in [-0.25, -0.2) is 9.80 Å². The molecule has 4 rings (SSSR count). The molecule has 2 atom stereocenters. The van der Waals surface area contributed by atoms with E-state index in [9.17, 15) is 14.4 Å². The number of hydrogen-bond acceptors (Lipinski definition) is 11. The smallest absolute Gasteiger partial charge is 0.408 e. The zero-order valence-corrected chi connectivity index (χ0v) is 27.2. The van der Waals surface area contributed by atoms with Crippen molar-refractivity contribution in [1.82, 2.24) is 5.32 Å². The van der Waals surface area contributed by atoms with E-state index in [1.54, 1.807) is 75.8 Å². The molecule has 2 heterocycles. The molecule has 2 unspecified atom stereocenters. The SMILES string of the molecule is COc1cc(N2N=NC=CC2C2(c3cccc(Cl)c3)CC(=O)CS2)ccc1OCC(C)(C)OC(=O)CNC(=O)OC(C)(C)C. The zero-order valence-electron chi connectivity index (χ0n) is 25.6. The second-order valence-corrected chi connectivity index (χ2v) is 13.7. The van der Waals surface area contributed by atoms with Crippen LogP contribution in [0.15, 0.2) is 65.1 Å². The summed E-state index contributed by atoms with van der Waals surface area (Å²) in [5.74, 6) is 0.735. The average molecular weight is 645 g/mol. The third-order valence-electron chi connectivity index (χ3n) is 6.64. The van der Waals surface area contributed by atoms with Crippen LogP contribution in [0.3, 0.4) is 0 Å². The summed E-state index contributed by atoms with van der Waals surface area (Å²) in [6.45, 7) is 8.23. The fourth-order valence-electron chi connectivity index (χ4n) is 4.81. The molecule has 0 aromatic heterocycles. The number of rotatable bonds is 10. The number of carbonyl (C=O) groups excluding carboxylic acids is 3. The van der Waals surface area contributed by atoms with Gasteiger partial charge in [-0.15, -0.1) is 16.9 Å². The Kier molecular flexibility index (Phi) is 10.1. The van der Waals surface area contributed by atoms with Gasteiger partial charge in [0.25, 0.3) is 0 Å². The van der Waals surface area contributed by atoms with Gasteiger partial charge in [-0.05, 0) is 70.5 Å². The molecule has 1 N–H and O–H groups in total. The van der Waals surface area contributed by atoms with Gasteiger partial charge in [0.2, 0.25) is 0 Å². The predicted octanol–water partition coefficient (Wildman–Crippen LogP) is 6.24. The minimum atomic E-state index is -1.02. The summed E-state index contributed by atoms with van der Waals surface area (Å²) in [5.41, 5.74) is -0.102. The highest BCUT2D eigenvalue weighted by molar-refractivity contribution is 8.01. The van der Waals surface area contributed by atoms with Crippen molar-refractivity contribution in [2.24, 2.45) is 10.3 Å². The first-order chi connectivity index (χ1) is 20.7. The maximum Gasteiger partial charge on any atom is 0.408 e. The Bertz CT molecular complexity index is 1460. The van der Waals surface area contributed by atoms with Gasteiger partial charge in [-0.3, -0.25) is 9.59 Å².